The molecule has 5 rings (SSSR count). The number of aromatic nitrogens is 2. The summed E-state index contributed by atoms with van der Waals surface area (Å²) in [7, 11) is 1.62. The molecular weight excluding hydrogens is 525 g/mol. The van der Waals surface area contributed by atoms with Crippen LogP contribution >= 0.6 is 24.0 Å². The lowest BCUT2D eigenvalue weighted by molar-refractivity contribution is -0.122. The summed E-state index contributed by atoms with van der Waals surface area (Å²) in [4.78, 5) is 38.0. The number of hydrogen-bond acceptors (Lipinski definition) is 8. The smallest absolute Gasteiger partial charge is 0.267 e. The number of anilines is 2. The highest BCUT2D eigenvalue weighted by Crippen LogP contribution is 2.34. The van der Waals surface area contributed by atoms with Crippen LogP contribution in [0.2, 0.25) is 0 Å². The third kappa shape index (κ3) is 5.31. The fourth-order valence-electron chi connectivity index (χ4n) is 4.63. The van der Waals surface area contributed by atoms with E-state index in [9.17, 15) is 14.0 Å². The van der Waals surface area contributed by atoms with E-state index in [0.29, 0.717) is 72.0 Å². The molecule has 1 aromatic carbocycles. The van der Waals surface area contributed by atoms with Gasteiger partial charge in [0, 0.05) is 58.3 Å². The first-order valence-corrected chi connectivity index (χ1v) is 13.6. The third-order valence-corrected chi connectivity index (χ3v) is 8.01. The van der Waals surface area contributed by atoms with E-state index in [4.69, 9.17) is 21.9 Å². The Balaban J connectivity index is 1.49. The minimum Gasteiger partial charge on any atom is -0.385 e. The molecule has 0 aliphatic carbocycles. The number of fused-ring (bicyclic) bond motifs is 1. The Morgan fingerprint density at radius 2 is 1.79 bits per heavy atom. The number of thioether (sulfide) groups is 1. The van der Waals surface area contributed by atoms with Gasteiger partial charge in [0.15, 0.2) is 0 Å². The van der Waals surface area contributed by atoms with Crippen molar-refractivity contribution in [2.45, 2.75) is 13.3 Å². The monoisotopic (exact) mass is 553 g/mol. The lowest BCUT2D eigenvalue weighted by Gasteiger charge is -2.37. The van der Waals surface area contributed by atoms with Gasteiger partial charge in [-0.1, -0.05) is 30.0 Å². The molecule has 198 valence electrons. The minimum atomic E-state index is -0.266. The highest BCUT2D eigenvalue weighted by atomic mass is 32.2. The average molecular weight is 554 g/mol. The zero-order valence-corrected chi connectivity index (χ0v) is 22.9. The van der Waals surface area contributed by atoms with Crippen molar-refractivity contribution in [3.05, 3.63) is 74.8 Å². The number of benzene rings is 1. The van der Waals surface area contributed by atoms with Gasteiger partial charge in [-0.2, -0.15) is 0 Å². The lowest BCUT2D eigenvalue weighted by Crippen LogP contribution is -2.47. The number of piperazine rings is 1. The van der Waals surface area contributed by atoms with E-state index in [-0.39, 0.29) is 17.3 Å². The predicted octanol–water partition coefficient (Wildman–Crippen LogP) is 3.71. The van der Waals surface area contributed by atoms with Gasteiger partial charge in [0.05, 0.1) is 10.5 Å². The van der Waals surface area contributed by atoms with E-state index >= 15 is 0 Å². The van der Waals surface area contributed by atoms with Crippen molar-refractivity contribution in [3.63, 3.8) is 0 Å². The second kappa shape index (κ2) is 11.2. The van der Waals surface area contributed by atoms with Crippen LogP contribution in [0.3, 0.4) is 0 Å². The normalized spacial score (nSPS) is 17.3. The van der Waals surface area contributed by atoms with E-state index in [0.717, 1.165) is 11.3 Å². The van der Waals surface area contributed by atoms with Crippen molar-refractivity contribution in [2.24, 2.45) is 0 Å². The summed E-state index contributed by atoms with van der Waals surface area (Å²) in [5.41, 5.74) is 2.55. The summed E-state index contributed by atoms with van der Waals surface area (Å²) in [6.45, 7) is 5.50. The number of ether oxygens (including phenoxy) is 1. The molecule has 0 bridgehead atoms. The molecule has 0 radical (unpaired) electrons. The standard InChI is InChI=1S/C27H28FN5O3S2/c1-18-4-9-23-29-24(31-13-11-30(12-14-31)20-7-5-19(28)6-8-20)21(25(34)33(23)17-18)16-22-26(35)32(27(37)38-22)10-3-15-36-2/h4-9,16-17H,3,10-15H2,1-2H3. The molecule has 8 nitrogen and oxygen atoms in total. The highest BCUT2D eigenvalue weighted by Gasteiger charge is 2.33. The van der Waals surface area contributed by atoms with Gasteiger partial charge in [0.1, 0.15) is 21.6 Å². The van der Waals surface area contributed by atoms with Crippen LogP contribution < -0.4 is 15.4 Å². The molecule has 2 fully saturated rings. The molecule has 0 N–H and O–H groups in total. The van der Waals surface area contributed by atoms with E-state index in [1.54, 1.807) is 36.4 Å². The van der Waals surface area contributed by atoms with Gasteiger partial charge in [0.2, 0.25) is 0 Å². The Morgan fingerprint density at radius 3 is 2.50 bits per heavy atom. The van der Waals surface area contributed by atoms with Gasteiger partial charge in [-0.15, -0.1) is 0 Å². The van der Waals surface area contributed by atoms with Gasteiger partial charge >= 0.3 is 0 Å². The molecule has 2 aliphatic rings. The molecule has 11 heteroatoms. The first-order valence-electron chi connectivity index (χ1n) is 12.4. The van der Waals surface area contributed by atoms with Crippen LogP contribution in [-0.2, 0) is 9.53 Å². The van der Waals surface area contributed by atoms with Crippen LogP contribution in [0, 0.1) is 12.7 Å². The molecule has 3 aromatic rings. The molecule has 2 aromatic heterocycles. The van der Waals surface area contributed by atoms with Crippen molar-refractivity contribution in [3.8, 4) is 0 Å². The van der Waals surface area contributed by atoms with Crippen LogP contribution in [-0.4, -0.2) is 71.0 Å². The van der Waals surface area contributed by atoms with E-state index < -0.39 is 0 Å². The SMILES string of the molecule is COCCCN1C(=O)C(=Cc2c(N3CCN(c4ccc(F)cc4)CC3)nc3ccc(C)cn3c2=O)SC1=S. The first-order chi connectivity index (χ1) is 18.4. The third-order valence-electron chi connectivity index (χ3n) is 6.64. The molecule has 0 saturated carbocycles. The Morgan fingerprint density at radius 1 is 1.08 bits per heavy atom. The number of hydrogen-bond donors (Lipinski definition) is 0. The number of aryl methyl sites for hydroxylation is 1. The predicted molar refractivity (Wildman–Crippen MR) is 153 cm³/mol. The van der Waals surface area contributed by atoms with Crippen LogP contribution in [0.15, 0.2) is 52.3 Å². The molecule has 1 amide bonds. The first kappa shape index (κ1) is 26.3. The Kier molecular flexibility index (Phi) is 7.78. The second-order valence-electron chi connectivity index (χ2n) is 9.22. The number of pyridine rings is 1. The largest absolute Gasteiger partial charge is 0.385 e. The summed E-state index contributed by atoms with van der Waals surface area (Å²) in [6, 6.07) is 10.2. The van der Waals surface area contributed by atoms with E-state index in [1.165, 1.54) is 28.3 Å². The number of methoxy groups -OCH3 is 1. The van der Waals surface area contributed by atoms with Crippen molar-refractivity contribution in [1.29, 1.82) is 0 Å². The van der Waals surface area contributed by atoms with Crippen molar-refractivity contribution in [2.75, 3.05) is 56.2 Å². The van der Waals surface area contributed by atoms with Crippen molar-refractivity contribution < 1.29 is 13.9 Å². The molecule has 0 unspecified atom stereocenters. The summed E-state index contributed by atoms with van der Waals surface area (Å²) >= 11 is 6.66. The average Bonchev–Trinajstić information content (AvgIpc) is 3.18. The van der Waals surface area contributed by atoms with Gasteiger partial charge in [-0.05, 0) is 55.3 Å². The fraction of sp³-hybridized carbons (Fsp3) is 0.333. The molecule has 38 heavy (non-hydrogen) atoms. The number of carbonyl (C=O) groups is 1. The maximum Gasteiger partial charge on any atom is 0.267 e. The van der Waals surface area contributed by atoms with Gasteiger partial charge in [-0.3, -0.25) is 18.9 Å². The Labute approximate surface area is 229 Å². The zero-order chi connectivity index (χ0) is 26.8. The second-order valence-corrected chi connectivity index (χ2v) is 10.9. The molecule has 0 spiro atoms. The van der Waals surface area contributed by atoms with Crippen LogP contribution in [0.4, 0.5) is 15.9 Å². The fourth-order valence-corrected chi connectivity index (χ4v) is 5.92. The zero-order valence-electron chi connectivity index (χ0n) is 21.2. The topological polar surface area (TPSA) is 70.4 Å². The number of halogens is 1. The number of amides is 1. The number of carbonyl (C=O) groups excluding carboxylic acids is 1. The number of thiocarbonyl (C=S) groups is 1. The van der Waals surface area contributed by atoms with Gasteiger partial charge in [0.25, 0.3) is 11.5 Å². The maximum absolute atomic E-state index is 13.8. The van der Waals surface area contributed by atoms with Crippen LogP contribution in [0.5, 0.6) is 0 Å². The van der Waals surface area contributed by atoms with Crippen molar-refractivity contribution in [1.82, 2.24) is 14.3 Å². The van der Waals surface area contributed by atoms with Crippen LogP contribution in [0.25, 0.3) is 11.7 Å². The van der Waals surface area contributed by atoms with Gasteiger partial charge < -0.3 is 14.5 Å². The Hall–Kier alpha value is -3.28. The lowest BCUT2D eigenvalue weighted by atomic mass is 10.2. The number of rotatable bonds is 7. The molecule has 4 heterocycles. The summed E-state index contributed by atoms with van der Waals surface area (Å²) in [5, 5.41) is 0. The van der Waals surface area contributed by atoms with Crippen molar-refractivity contribution >= 4 is 57.4 Å². The van der Waals surface area contributed by atoms with E-state index in [2.05, 4.69) is 9.80 Å². The summed E-state index contributed by atoms with van der Waals surface area (Å²) < 4.78 is 20.5. The molecule has 0 atom stereocenters. The van der Waals surface area contributed by atoms with E-state index in [1.807, 2.05) is 19.1 Å². The minimum absolute atomic E-state index is 0.211. The molecule has 2 aliphatic heterocycles. The summed E-state index contributed by atoms with van der Waals surface area (Å²) in [6.07, 6.45) is 4.06. The maximum atomic E-state index is 13.8. The molecule has 2 saturated heterocycles. The molecular formula is C27H28FN5O3S2. The summed E-state index contributed by atoms with van der Waals surface area (Å²) in [5.74, 6) is 0.0661. The number of nitrogens with zero attached hydrogens (tertiary/aromatic N) is 5. The highest BCUT2D eigenvalue weighted by molar-refractivity contribution is 8.26. The Bertz CT molecular complexity index is 1470. The quantitative estimate of drug-likeness (QED) is 0.249. The van der Waals surface area contributed by atoms with Gasteiger partial charge in [-0.25, -0.2) is 9.37 Å². The van der Waals surface area contributed by atoms with Crippen LogP contribution in [0.1, 0.15) is 17.5 Å².